The molecule has 0 saturated carbocycles. The van der Waals surface area contributed by atoms with Gasteiger partial charge in [-0.3, -0.25) is 4.68 Å². The van der Waals surface area contributed by atoms with Gasteiger partial charge in [-0.15, -0.1) is 0 Å². The van der Waals surface area contributed by atoms with Gasteiger partial charge in [-0.2, -0.15) is 10.4 Å². The predicted molar refractivity (Wildman–Crippen MR) is 108 cm³/mol. The van der Waals surface area contributed by atoms with Crippen LogP contribution in [-0.2, 0) is 4.74 Å². The Labute approximate surface area is 175 Å². The van der Waals surface area contributed by atoms with Crippen LogP contribution in [-0.4, -0.2) is 49.4 Å². The van der Waals surface area contributed by atoms with Crippen molar-refractivity contribution >= 4 is 17.7 Å². The number of nitrogens with zero attached hydrogens (tertiary/aromatic N) is 6. The molecular formula is C20H25ClN6O2. The fraction of sp³-hybridized carbons (Fsp3) is 0.550. The highest BCUT2D eigenvalue weighted by Gasteiger charge is 2.32. The highest BCUT2D eigenvalue weighted by atomic mass is 35.5. The summed E-state index contributed by atoms with van der Waals surface area (Å²) in [7, 11) is 0. The maximum Gasteiger partial charge on any atom is 0.410 e. The van der Waals surface area contributed by atoms with E-state index in [1.807, 2.05) is 31.6 Å². The van der Waals surface area contributed by atoms with E-state index in [1.165, 1.54) is 0 Å². The fourth-order valence-corrected chi connectivity index (χ4v) is 3.66. The predicted octanol–water partition coefficient (Wildman–Crippen LogP) is 4.10. The summed E-state index contributed by atoms with van der Waals surface area (Å²) in [6, 6.07) is 3.98. The van der Waals surface area contributed by atoms with Crippen LogP contribution in [0.4, 0.5) is 4.79 Å². The van der Waals surface area contributed by atoms with Crippen molar-refractivity contribution in [2.75, 3.05) is 13.1 Å². The van der Waals surface area contributed by atoms with E-state index in [9.17, 15) is 10.1 Å². The summed E-state index contributed by atoms with van der Waals surface area (Å²) < 4.78 is 7.30. The molecule has 0 N–H and O–H groups in total. The van der Waals surface area contributed by atoms with Crippen molar-refractivity contribution in [2.45, 2.75) is 51.7 Å². The van der Waals surface area contributed by atoms with E-state index in [2.05, 4.69) is 21.1 Å². The Hall–Kier alpha value is -2.66. The van der Waals surface area contributed by atoms with Gasteiger partial charge in [0.05, 0.1) is 30.4 Å². The molecule has 0 aromatic carbocycles. The number of rotatable bonds is 4. The zero-order valence-corrected chi connectivity index (χ0v) is 17.6. The average Bonchev–Trinajstić information content (AvgIpc) is 3.15. The molecule has 1 aliphatic heterocycles. The van der Waals surface area contributed by atoms with E-state index in [1.54, 1.807) is 23.4 Å². The number of carbonyl (C=O) groups excluding carboxylic acids is 1. The van der Waals surface area contributed by atoms with E-state index in [0.29, 0.717) is 25.2 Å². The molecule has 1 unspecified atom stereocenters. The number of nitriles is 1. The minimum absolute atomic E-state index is 0.0631. The van der Waals surface area contributed by atoms with Crippen molar-refractivity contribution in [3.8, 4) is 17.3 Å². The minimum atomic E-state index is -0.507. The SMILES string of the molecule is CC(C)(C)OC(=O)N1CCC(C(CC#N)n2cc(-c3ccnc(Cl)n3)cn2)CC1. The molecule has 0 bridgehead atoms. The molecule has 29 heavy (non-hydrogen) atoms. The third-order valence-corrected chi connectivity index (χ3v) is 5.08. The number of carbonyl (C=O) groups is 1. The van der Waals surface area contributed by atoms with Gasteiger partial charge in [0.2, 0.25) is 5.28 Å². The molecule has 1 saturated heterocycles. The molecule has 3 heterocycles. The van der Waals surface area contributed by atoms with Crippen LogP contribution in [0, 0.1) is 17.2 Å². The van der Waals surface area contributed by atoms with Crippen LogP contribution >= 0.6 is 11.6 Å². The Morgan fingerprint density at radius 2 is 2.14 bits per heavy atom. The Morgan fingerprint density at radius 1 is 1.41 bits per heavy atom. The van der Waals surface area contributed by atoms with Gasteiger partial charge in [-0.05, 0) is 57.2 Å². The third kappa shape index (κ3) is 5.45. The van der Waals surface area contributed by atoms with Gasteiger partial charge >= 0.3 is 6.09 Å². The second-order valence-electron chi connectivity index (χ2n) is 8.15. The molecule has 0 spiro atoms. The van der Waals surface area contributed by atoms with Crippen molar-refractivity contribution in [3.05, 3.63) is 29.9 Å². The number of amides is 1. The average molecular weight is 417 g/mol. The van der Waals surface area contributed by atoms with E-state index in [-0.39, 0.29) is 23.3 Å². The van der Waals surface area contributed by atoms with Gasteiger partial charge in [0.25, 0.3) is 0 Å². The standard InChI is InChI=1S/C20H25ClN6O2/c1-20(2,3)29-19(28)26-10-6-14(7-11-26)17(4-8-22)27-13-15(12-24-27)16-5-9-23-18(21)25-16/h5,9,12-14,17H,4,6-7,10-11H2,1-3H3. The molecule has 2 aromatic rings. The lowest BCUT2D eigenvalue weighted by Gasteiger charge is -2.36. The van der Waals surface area contributed by atoms with E-state index in [4.69, 9.17) is 16.3 Å². The van der Waals surface area contributed by atoms with Gasteiger partial charge in [0.1, 0.15) is 5.60 Å². The summed E-state index contributed by atoms with van der Waals surface area (Å²) >= 11 is 5.88. The fourth-order valence-electron chi connectivity index (χ4n) is 3.51. The van der Waals surface area contributed by atoms with Crippen LogP contribution in [0.3, 0.4) is 0 Å². The summed E-state index contributed by atoms with van der Waals surface area (Å²) in [4.78, 5) is 22.1. The maximum absolute atomic E-state index is 12.3. The van der Waals surface area contributed by atoms with Gasteiger partial charge in [-0.25, -0.2) is 14.8 Å². The highest BCUT2D eigenvalue weighted by Crippen LogP contribution is 2.32. The summed E-state index contributed by atoms with van der Waals surface area (Å²) in [5, 5.41) is 14.0. The number of ether oxygens (including phenoxy) is 1. The summed E-state index contributed by atoms with van der Waals surface area (Å²) in [6.45, 7) is 6.80. The number of likely N-dealkylation sites (tertiary alicyclic amines) is 1. The molecule has 0 aliphatic carbocycles. The Balaban J connectivity index is 1.69. The second-order valence-corrected chi connectivity index (χ2v) is 8.49. The second kappa shape index (κ2) is 8.78. The molecule has 1 aliphatic rings. The number of hydrogen-bond acceptors (Lipinski definition) is 6. The van der Waals surface area contributed by atoms with Crippen LogP contribution in [0.5, 0.6) is 0 Å². The topological polar surface area (TPSA) is 96.9 Å². The molecule has 1 atom stereocenters. The van der Waals surface area contributed by atoms with Gasteiger partial charge in [0.15, 0.2) is 0 Å². The first-order valence-corrected chi connectivity index (χ1v) is 10.0. The maximum atomic E-state index is 12.3. The number of piperidine rings is 1. The Bertz CT molecular complexity index is 893. The first-order chi connectivity index (χ1) is 13.8. The Morgan fingerprint density at radius 3 is 2.76 bits per heavy atom. The highest BCUT2D eigenvalue weighted by molar-refractivity contribution is 6.28. The van der Waals surface area contributed by atoms with Gasteiger partial charge in [0, 0.05) is 31.0 Å². The molecule has 0 radical (unpaired) electrons. The van der Waals surface area contributed by atoms with E-state index in [0.717, 1.165) is 18.4 Å². The van der Waals surface area contributed by atoms with Crippen LogP contribution in [0.1, 0.15) is 46.1 Å². The van der Waals surface area contributed by atoms with Gasteiger partial charge < -0.3 is 9.64 Å². The molecular weight excluding hydrogens is 392 g/mol. The lowest BCUT2D eigenvalue weighted by atomic mass is 9.88. The normalized spacial score (nSPS) is 16.3. The molecule has 1 fully saturated rings. The summed E-state index contributed by atoms with van der Waals surface area (Å²) in [6.07, 6.45) is 6.86. The van der Waals surface area contributed by atoms with E-state index >= 15 is 0 Å². The largest absolute Gasteiger partial charge is 0.444 e. The minimum Gasteiger partial charge on any atom is -0.444 e. The first kappa shape index (κ1) is 21.1. The van der Waals surface area contributed by atoms with E-state index < -0.39 is 5.60 Å². The quantitative estimate of drug-likeness (QED) is 0.696. The number of halogens is 1. The van der Waals surface area contributed by atoms with Crippen LogP contribution in [0.2, 0.25) is 5.28 Å². The summed E-state index contributed by atoms with van der Waals surface area (Å²) in [5.41, 5.74) is 1.00. The van der Waals surface area contributed by atoms with Crippen LogP contribution < -0.4 is 0 Å². The molecule has 154 valence electrons. The molecule has 1 amide bonds. The number of aromatic nitrogens is 4. The first-order valence-electron chi connectivity index (χ1n) is 9.65. The van der Waals surface area contributed by atoms with Crippen molar-refractivity contribution in [1.82, 2.24) is 24.6 Å². The van der Waals surface area contributed by atoms with Crippen molar-refractivity contribution in [2.24, 2.45) is 5.92 Å². The molecule has 2 aromatic heterocycles. The zero-order chi connectivity index (χ0) is 21.0. The smallest absolute Gasteiger partial charge is 0.410 e. The van der Waals surface area contributed by atoms with Crippen molar-refractivity contribution in [3.63, 3.8) is 0 Å². The van der Waals surface area contributed by atoms with Crippen molar-refractivity contribution in [1.29, 1.82) is 5.26 Å². The van der Waals surface area contributed by atoms with Gasteiger partial charge in [-0.1, -0.05) is 0 Å². The molecule has 9 heteroatoms. The monoisotopic (exact) mass is 416 g/mol. The van der Waals surface area contributed by atoms with Crippen LogP contribution in [0.25, 0.3) is 11.3 Å². The molecule has 8 nitrogen and oxygen atoms in total. The number of hydrogen-bond donors (Lipinski definition) is 0. The third-order valence-electron chi connectivity index (χ3n) is 4.90. The molecule has 3 rings (SSSR count). The lowest BCUT2D eigenvalue weighted by molar-refractivity contribution is 0.0160. The van der Waals surface area contributed by atoms with Crippen molar-refractivity contribution < 1.29 is 9.53 Å². The Kier molecular flexibility index (Phi) is 6.38. The zero-order valence-electron chi connectivity index (χ0n) is 16.9. The lowest BCUT2D eigenvalue weighted by Crippen LogP contribution is -2.43. The van der Waals surface area contributed by atoms with Crippen LogP contribution in [0.15, 0.2) is 24.7 Å². The summed E-state index contributed by atoms with van der Waals surface area (Å²) in [5.74, 6) is 0.245.